The molecule has 0 aromatic heterocycles. The van der Waals surface area contributed by atoms with Crippen molar-refractivity contribution in [3.8, 4) is 0 Å². The van der Waals surface area contributed by atoms with E-state index >= 15 is 0 Å². The third-order valence-corrected chi connectivity index (χ3v) is 0.751. The molecule has 0 bridgehead atoms. The first-order chi connectivity index (χ1) is 3.81. The number of rotatable bonds is 2. The summed E-state index contributed by atoms with van der Waals surface area (Å²) in [6, 6.07) is 0. The van der Waals surface area contributed by atoms with Crippen LogP contribution in [0.3, 0.4) is 0 Å². The molecule has 0 radical (unpaired) electrons. The minimum Gasteiger partial charge on any atom is -0.396 e. The molecular weight excluding hydrogens is 104 g/mol. The van der Waals surface area contributed by atoms with E-state index in [4.69, 9.17) is 5.11 Å². The van der Waals surface area contributed by atoms with Gasteiger partial charge in [0.25, 0.3) is 0 Å². The van der Waals surface area contributed by atoms with Gasteiger partial charge in [-0.1, -0.05) is 0 Å². The van der Waals surface area contributed by atoms with Crippen LogP contribution in [0.5, 0.6) is 0 Å². The van der Waals surface area contributed by atoms with Gasteiger partial charge in [0.05, 0.1) is 0 Å². The molecule has 0 amide bonds. The largest absolute Gasteiger partial charge is 0.396 e. The lowest BCUT2D eigenvalue weighted by Gasteiger charge is -1.86. The van der Waals surface area contributed by atoms with Gasteiger partial charge in [0.15, 0.2) is 5.94 Å². The molecule has 0 rings (SSSR count). The number of hydrogen-bond acceptors (Lipinski definition) is 2. The number of hydrogen-bond donors (Lipinski definition) is 1. The van der Waals surface area contributed by atoms with Gasteiger partial charge in [-0.15, -0.1) is 0 Å². The minimum atomic E-state index is 0.0700. The van der Waals surface area contributed by atoms with Crippen molar-refractivity contribution in [2.45, 2.75) is 13.3 Å². The molecule has 0 saturated carbocycles. The fraction of sp³-hybridized carbons (Fsp3) is 0.500. The molecule has 0 atom stereocenters. The van der Waals surface area contributed by atoms with Gasteiger partial charge < -0.3 is 5.11 Å². The van der Waals surface area contributed by atoms with Crippen molar-refractivity contribution in [2.75, 3.05) is 6.61 Å². The molecule has 0 spiro atoms. The van der Waals surface area contributed by atoms with Crippen LogP contribution in [-0.4, -0.2) is 17.7 Å². The number of carbonyl (C=O) groups excluding carboxylic acids is 1. The van der Waals surface area contributed by atoms with E-state index in [-0.39, 0.29) is 6.61 Å². The first kappa shape index (κ1) is 7.19. The van der Waals surface area contributed by atoms with Crippen LogP contribution in [0.1, 0.15) is 13.3 Å². The van der Waals surface area contributed by atoms with Crippen LogP contribution in [0.15, 0.2) is 11.3 Å². The molecular formula is C6H8O2. The summed E-state index contributed by atoms with van der Waals surface area (Å²) in [6.07, 6.45) is 0.509. The van der Waals surface area contributed by atoms with Gasteiger partial charge in [0, 0.05) is 6.61 Å². The second-order valence-electron chi connectivity index (χ2n) is 1.48. The molecule has 0 fully saturated rings. The van der Waals surface area contributed by atoms with Crippen molar-refractivity contribution in [1.82, 2.24) is 0 Å². The zero-order valence-electron chi connectivity index (χ0n) is 4.77. The summed E-state index contributed by atoms with van der Waals surface area (Å²) in [5, 5.41) is 8.27. The van der Waals surface area contributed by atoms with E-state index in [0.717, 1.165) is 5.57 Å². The van der Waals surface area contributed by atoms with Crippen molar-refractivity contribution in [2.24, 2.45) is 0 Å². The smallest absolute Gasteiger partial charge is 0.177 e. The topological polar surface area (TPSA) is 37.3 Å². The number of aliphatic hydroxyl groups is 1. The molecule has 0 aliphatic carbocycles. The standard InChI is InChI=1S/C6H8O2/c1-6(2-4-7)3-5-8/h7H,2,4H2,1H3. The van der Waals surface area contributed by atoms with E-state index in [1.165, 1.54) is 5.94 Å². The van der Waals surface area contributed by atoms with Gasteiger partial charge in [0.2, 0.25) is 0 Å². The average Bonchev–Trinajstić information content (AvgIpc) is 1.68. The summed E-state index contributed by atoms with van der Waals surface area (Å²) in [5.41, 5.74) is 3.04. The van der Waals surface area contributed by atoms with Crippen LogP contribution in [-0.2, 0) is 4.79 Å². The maximum absolute atomic E-state index is 9.55. The highest BCUT2D eigenvalue weighted by Crippen LogP contribution is 1.91. The Balaban J connectivity index is 3.81. The summed E-state index contributed by atoms with van der Waals surface area (Å²) >= 11 is 0. The zero-order chi connectivity index (χ0) is 6.41. The highest BCUT2D eigenvalue weighted by Gasteiger charge is 1.82. The second-order valence-corrected chi connectivity index (χ2v) is 1.48. The highest BCUT2D eigenvalue weighted by atomic mass is 16.2. The van der Waals surface area contributed by atoms with Crippen molar-refractivity contribution < 1.29 is 9.90 Å². The van der Waals surface area contributed by atoms with Crippen molar-refractivity contribution in [3.05, 3.63) is 11.3 Å². The first-order valence-electron chi connectivity index (χ1n) is 2.37. The van der Waals surface area contributed by atoms with Crippen LogP contribution in [0, 0.1) is 0 Å². The van der Waals surface area contributed by atoms with E-state index < -0.39 is 0 Å². The van der Waals surface area contributed by atoms with Crippen LogP contribution >= 0.6 is 0 Å². The summed E-state index contributed by atoms with van der Waals surface area (Å²) in [6.45, 7) is 1.79. The minimum absolute atomic E-state index is 0.0700. The zero-order valence-corrected chi connectivity index (χ0v) is 4.77. The van der Waals surface area contributed by atoms with Crippen molar-refractivity contribution >= 4 is 5.94 Å². The van der Waals surface area contributed by atoms with Crippen molar-refractivity contribution in [3.63, 3.8) is 0 Å². The van der Waals surface area contributed by atoms with E-state index in [1.807, 2.05) is 0 Å². The average molecular weight is 112 g/mol. The Morgan fingerprint density at radius 3 is 2.75 bits per heavy atom. The molecule has 0 aliphatic rings. The van der Waals surface area contributed by atoms with Gasteiger partial charge in [0.1, 0.15) is 0 Å². The maximum Gasteiger partial charge on any atom is 0.177 e. The fourth-order valence-electron chi connectivity index (χ4n) is 0.317. The van der Waals surface area contributed by atoms with E-state index in [0.29, 0.717) is 6.42 Å². The monoisotopic (exact) mass is 112 g/mol. The molecule has 0 unspecified atom stereocenters. The molecule has 8 heavy (non-hydrogen) atoms. The third-order valence-electron chi connectivity index (χ3n) is 0.751. The Hall–Kier alpha value is -0.810. The lowest BCUT2D eigenvalue weighted by atomic mass is 10.2. The Morgan fingerprint density at radius 2 is 2.38 bits per heavy atom. The van der Waals surface area contributed by atoms with E-state index in [2.05, 4.69) is 5.73 Å². The number of aliphatic hydroxyl groups excluding tert-OH is 1. The van der Waals surface area contributed by atoms with Gasteiger partial charge in [-0.05, 0) is 24.6 Å². The molecule has 2 heteroatoms. The maximum atomic E-state index is 9.55. The van der Waals surface area contributed by atoms with Crippen molar-refractivity contribution in [1.29, 1.82) is 0 Å². The third kappa shape index (κ3) is 3.38. The molecule has 0 saturated heterocycles. The summed E-state index contributed by atoms with van der Waals surface area (Å²) < 4.78 is 0. The first-order valence-corrected chi connectivity index (χ1v) is 2.37. The molecule has 0 aromatic rings. The van der Waals surface area contributed by atoms with Crippen LogP contribution in [0.25, 0.3) is 0 Å². The quantitative estimate of drug-likeness (QED) is 0.412. The Bertz CT molecular complexity index is 137. The van der Waals surface area contributed by atoms with E-state index in [9.17, 15) is 4.79 Å². The Morgan fingerprint density at radius 1 is 1.75 bits per heavy atom. The van der Waals surface area contributed by atoms with Crippen LogP contribution in [0.2, 0.25) is 0 Å². The summed E-state index contributed by atoms with van der Waals surface area (Å²) in [5.74, 6) is 1.50. The van der Waals surface area contributed by atoms with Gasteiger partial charge in [-0.2, -0.15) is 0 Å². The predicted molar refractivity (Wildman–Crippen MR) is 30.1 cm³/mol. The molecule has 0 heterocycles. The van der Waals surface area contributed by atoms with Gasteiger partial charge in [-0.25, -0.2) is 4.79 Å². The Labute approximate surface area is 48.1 Å². The van der Waals surface area contributed by atoms with Crippen LogP contribution < -0.4 is 0 Å². The molecule has 1 N–H and O–H groups in total. The predicted octanol–water partition coefficient (Wildman–Crippen LogP) is 0.302. The Kier molecular flexibility index (Phi) is 3.91. The SMILES string of the molecule is CC(=C=C=O)CCO. The molecule has 0 aromatic carbocycles. The second kappa shape index (κ2) is 4.35. The lowest BCUT2D eigenvalue weighted by Crippen LogP contribution is -1.80. The summed E-state index contributed by atoms with van der Waals surface area (Å²) in [7, 11) is 0. The van der Waals surface area contributed by atoms with Gasteiger partial charge >= 0.3 is 0 Å². The van der Waals surface area contributed by atoms with E-state index in [1.54, 1.807) is 6.92 Å². The molecule has 44 valence electrons. The lowest BCUT2D eigenvalue weighted by molar-refractivity contribution is 0.299. The summed E-state index contributed by atoms with van der Waals surface area (Å²) in [4.78, 5) is 9.55. The molecule has 2 nitrogen and oxygen atoms in total. The molecule has 0 aliphatic heterocycles. The fourth-order valence-corrected chi connectivity index (χ4v) is 0.317. The van der Waals surface area contributed by atoms with Gasteiger partial charge in [-0.3, -0.25) is 0 Å². The highest BCUT2D eigenvalue weighted by molar-refractivity contribution is 5.44. The van der Waals surface area contributed by atoms with Crippen LogP contribution in [0.4, 0.5) is 0 Å². The normalized spacial score (nSPS) is 7.25.